The number of hydrogen-bond acceptors (Lipinski definition) is 4. The number of rotatable bonds is 7. The summed E-state index contributed by atoms with van der Waals surface area (Å²) in [7, 11) is 0. The van der Waals surface area contributed by atoms with E-state index in [9.17, 15) is 9.59 Å². The van der Waals surface area contributed by atoms with Crippen molar-refractivity contribution in [2.24, 2.45) is 11.5 Å². The number of nitrogens with two attached hydrogens (primary N) is 2. The van der Waals surface area contributed by atoms with Gasteiger partial charge in [0.1, 0.15) is 0 Å². The number of amides is 1. The van der Waals surface area contributed by atoms with Crippen molar-refractivity contribution < 1.29 is 14.7 Å². The Balaban J connectivity index is 3.87. The van der Waals surface area contributed by atoms with Gasteiger partial charge in [0.2, 0.25) is 5.91 Å². The Morgan fingerprint density at radius 1 is 1.27 bits per heavy atom. The molecule has 6 heteroatoms. The molecule has 0 radical (unpaired) electrons. The maximum Gasteiger partial charge on any atom is 0.303 e. The van der Waals surface area contributed by atoms with Crippen LogP contribution >= 0.6 is 0 Å². The Morgan fingerprint density at radius 2 is 1.80 bits per heavy atom. The Morgan fingerprint density at radius 3 is 2.20 bits per heavy atom. The van der Waals surface area contributed by atoms with Crippen LogP contribution < -0.4 is 16.8 Å². The maximum absolute atomic E-state index is 11.3. The molecule has 0 aliphatic heterocycles. The molecule has 0 aromatic carbocycles. The lowest BCUT2D eigenvalue weighted by atomic mass is 10.0. The van der Waals surface area contributed by atoms with Crippen molar-refractivity contribution in [2.75, 3.05) is 13.1 Å². The van der Waals surface area contributed by atoms with Gasteiger partial charge in [-0.1, -0.05) is 0 Å². The van der Waals surface area contributed by atoms with Gasteiger partial charge in [0.15, 0.2) is 0 Å². The zero-order valence-electron chi connectivity index (χ0n) is 8.95. The molecule has 0 unspecified atom stereocenters. The normalized spacial score (nSPS) is 11.1. The molecule has 1 amide bonds. The molecule has 6 N–H and O–H groups in total. The molecule has 0 heterocycles. The fraction of sp³-hybridized carbons (Fsp3) is 0.778. The van der Waals surface area contributed by atoms with Gasteiger partial charge in [-0.3, -0.25) is 9.59 Å². The molecule has 0 bridgehead atoms. The van der Waals surface area contributed by atoms with E-state index in [0.717, 1.165) is 0 Å². The minimum Gasteiger partial charge on any atom is -0.481 e. The molecular weight excluding hydrogens is 198 g/mol. The molecule has 0 saturated carbocycles. The molecule has 0 aliphatic rings. The highest BCUT2D eigenvalue weighted by atomic mass is 16.4. The van der Waals surface area contributed by atoms with Crippen LogP contribution in [-0.4, -0.2) is 35.6 Å². The number of hydrogen-bond donors (Lipinski definition) is 4. The molecule has 0 aromatic rings. The smallest absolute Gasteiger partial charge is 0.303 e. The lowest BCUT2D eigenvalue weighted by Gasteiger charge is -2.27. The van der Waals surface area contributed by atoms with Crippen molar-refractivity contribution in [3.63, 3.8) is 0 Å². The SMILES string of the molecule is CC(CN)(CN)NC(=O)CCCC(=O)O. The predicted octanol–water partition coefficient (Wildman–Crippen LogP) is -0.966. The first-order valence-electron chi connectivity index (χ1n) is 4.86. The lowest BCUT2D eigenvalue weighted by molar-refractivity contribution is -0.137. The minimum atomic E-state index is -0.900. The zero-order chi connectivity index (χ0) is 11.9. The molecule has 0 aliphatic carbocycles. The van der Waals surface area contributed by atoms with Crippen molar-refractivity contribution in [3.05, 3.63) is 0 Å². The summed E-state index contributed by atoms with van der Waals surface area (Å²) in [6, 6.07) is 0. The second-order valence-electron chi connectivity index (χ2n) is 3.76. The Bertz CT molecular complexity index is 227. The number of carboxylic acids is 1. The Hall–Kier alpha value is -1.14. The summed E-state index contributed by atoms with van der Waals surface area (Å²) < 4.78 is 0. The molecule has 0 fully saturated rings. The summed E-state index contributed by atoms with van der Waals surface area (Å²) in [5, 5.41) is 11.1. The summed E-state index contributed by atoms with van der Waals surface area (Å²) in [4.78, 5) is 21.5. The van der Waals surface area contributed by atoms with Gasteiger partial charge >= 0.3 is 5.97 Å². The fourth-order valence-corrected chi connectivity index (χ4v) is 0.985. The predicted molar refractivity (Wildman–Crippen MR) is 56.1 cm³/mol. The molecule has 0 aromatic heterocycles. The fourth-order valence-electron chi connectivity index (χ4n) is 0.985. The van der Waals surface area contributed by atoms with Gasteiger partial charge in [0.25, 0.3) is 0 Å². The summed E-state index contributed by atoms with van der Waals surface area (Å²) in [6.07, 6.45) is 0.504. The average Bonchev–Trinajstić information content (AvgIpc) is 2.17. The summed E-state index contributed by atoms with van der Waals surface area (Å²) in [5.41, 5.74) is 10.3. The number of carboxylic acid groups (broad SMARTS) is 1. The molecule has 6 nitrogen and oxygen atoms in total. The topological polar surface area (TPSA) is 118 Å². The van der Waals surface area contributed by atoms with Crippen molar-refractivity contribution in [2.45, 2.75) is 31.7 Å². The van der Waals surface area contributed by atoms with Gasteiger partial charge in [-0.25, -0.2) is 0 Å². The van der Waals surface area contributed by atoms with E-state index in [-0.39, 0.29) is 31.8 Å². The van der Waals surface area contributed by atoms with Crippen LogP contribution in [0, 0.1) is 0 Å². The number of nitrogens with one attached hydrogen (secondary N) is 1. The van der Waals surface area contributed by atoms with Crippen LogP contribution in [-0.2, 0) is 9.59 Å². The number of carbonyl (C=O) groups is 2. The van der Waals surface area contributed by atoms with Gasteiger partial charge in [-0.05, 0) is 13.3 Å². The molecule has 0 atom stereocenters. The van der Waals surface area contributed by atoms with Crippen LogP contribution in [0.5, 0.6) is 0 Å². The molecule has 0 spiro atoms. The summed E-state index contributed by atoms with van der Waals surface area (Å²) >= 11 is 0. The summed E-state index contributed by atoms with van der Waals surface area (Å²) in [6.45, 7) is 2.27. The van der Waals surface area contributed by atoms with Crippen LogP contribution in [0.1, 0.15) is 26.2 Å². The first-order chi connectivity index (χ1) is 6.93. The second kappa shape index (κ2) is 6.36. The highest BCUT2D eigenvalue weighted by molar-refractivity contribution is 5.77. The highest BCUT2D eigenvalue weighted by Gasteiger charge is 2.22. The third-order valence-electron chi connectivity index (χ3n) is 2.14. The van der Waals surface area contributed by atoms with E-state index in [0.29, 0.717) is 6.42 Å². The molecule has 88 valence electrons. The van der Waals surface area contributed by atoms with Crippen molar-refractivity contribution in [1.29, 1.82) is 0 Å². The van der Waals surface area contributed by atoms with E-state index >= 15 is 0 Å². The standard InChI is InChI=1S/C9H19N3O3/c1-9(5-10,6-11)12-7(13)3-2-4-8(14)15/h2-6,10-11H2,1H3,(H,12,13)(H,14,15). The largest absolute Gasteiger partial charge is 0.481 e. The van der Waals surface area contributed by atoms with Crippen LogP contribution in [0.15, 0.2) is 0 Å². The van der Waals surface area contributed by atoms with E-state index < -0.39 is 11.5 Å². The van der Waals surface area contributed by atoms with Gasteiger partial charge in [-0.15, -0.1) is 0 Å². The van der Waals surface area contributed by atoms with Gasteiger partial charge in [0, 0.05) is 25.9 Å². The number of aliphatic carboxylic acids is 1. The van der Waals surface area contributed by atoms with Gasteiger partial charge < -0.3 is 21.9 Å². The zero-order valence-corrected chi connectivity index (χ0v) is 8.95. The van der Waals surface area contributed by atoms with Crippen molar-refractivity contribution in [1.82, 2.24) is 5.32 Å². The van der Waals surface area contributed by atoms with Gasteiger partial charge in [0.05, 0.1) is 5.54 Å². The summed E-state index contributed by atoms with van der Waals surface area (Å²) in [5.74, 6) is -1.11. The Kier molecular flexibility index (Phi) is 5.88. The van der Waals surface area contributed by atoms with Crippen molar-refractivity contribution in [3.8, 4) is 0 Å². The molecule has 0 rings (SSSR count). The van der Waals surface area contributed by atoms with E-state index in [1.807, 2.05) is 0 Å². The quantitative estimate of drug-likeness (QED) is 0.437. The van der Waals surface area contributed by atoms with Crippen molar-refractivity contribution >= 4 is 11.9 Å². The second-order valence-corrected chi connectivity index (χ2v) is 3.76. The van der Waals surface area contributed by atoms with E-state index in [4.69, 9.17) is 16.6 Å². The Labute approximate surface area is 89.0 Å². The van der Waals surface area contributed by atoms with Crippen LogP contribution in [0.2, 0.25) is 0 Å². The molecule has 0 saturated heterocycles. The van der Waals surface area contributed by atoms with Crippen LogP contribution in [0.3, 0.4) is 0 Å². The van der Waals surface area contributed by atoms with Gasteiger partial charge in [-0.2, -0.15) is 0 Å². The van der Waals surface area contributed by atoms with E-state index in [1.165, 1.54) is 0 Å². The molecule has 15 heavy (non-hydrogen) atoms. The minimum absolute atomic E-state index is 0.00458. The third-order valence-corrected chi connectivity index (χ3v) is 2.14. The third kappa shape index (κ3) is 6.03. The first-order valence-corrected chi connectivity index (χ1v) is 4.86. The average molecular weight is 217 g/mol. The maximum atomic E-state index is 11.3. The molecular formula is C9H19N3O3. The first kappa shape index (κ1) is 13.9. The van der Waals surface area contributed by atoms with E-state index in [2.05, 4.69) is 5.32 Å². The number of carbonyl (C=O) groups excluding carboxylic acids is 1. The van der Waals surface area contributed by atoms with Crippen LogP contribution in [0.25, 0.3) is 0 Å². The highest BCUT2D eigenvalue weighted by Crippen LogP contribution is 2.01. The lowest BCUT2D eigenvalue weighted by Crippen LogP contribution is -2.56. The van der Waals surface area contributed by atoms with E-state index in [1.54, 1.807) is 6.92 Å². The van der Waals surface area contributed by atoms with Crippen LogP contribution in [0.4, 0.5) is 0 Å². The monoisotopic (exact) mass is 217 g/mol.